The van der Waals surface area contributed by atoms with Crippen LogP contribution in [0.4, 0.5) is 11.4 Å². The molecule has 0 amide bonds. The molecule has 0 saturated carbocycles. The topological polar surface area (TPSA) is 155 Å². The zero-order chi connectivity index (χ0) is 35.0. The molecule has 0 aliphatic rings. The van der Waals surface area contributed by atoms with Crippen molar-refractivity contribution in [1.29, 1.82) is 0 Å². The van der Waals surface area contributed by atoms with Gasteiger partial charge in [0.05, 0.1) is 18.5 Å². The summed E-state index contributed by atoms with van der Waals surface area (Å²) in [6.45, 7) is 14.7. The molecular weight excluding hydrogens is 643 g/mol. The van der Waals surface area contributed by atoms with Crippen molar-refractivity contribution < 1.29 is 51.5 Å². The molecule has 9 nitrogen and oxygen atoms in total. The average Bonchev–Trinajstić information content (AvgIpc) is 3.02. The van der Waals surface area contributed by atoms with E-state index >= 15 is 0 Å². The Morgan fingerprint density at radius 3 is 1.47 bits per heavy atom. The molecule has 0 aromatic heterocycles. The SMILES string of the molecule is CC(=O)[O-].CC(=O)[O-].CCc1cc(C(C)CC)cc(C=Nc2ccc(OC)cc2N=Cc2cc(C(C)CC)cc(CC)c2O)c1O.[Co+2]. The van der Waals surface area contributed by atoms with Gasteiger partial charge in [0.25, 0.3) is 0 Å². The van der Waals surface area contributed by atoms with Gasteiger partial charge in [-0.3, -0.25) is 9.98 Å². The van der Waals surface area contributed by atoms with Gasteiger partial charge in [-0.05, 0) is 97.9 Å². The number of carbonyl (C=O) groups is 2. The fourth-order valence-corrected chi connectivity index (χ4v) is 4.39. The van der Waals surface area contributed by atoms with E-state index in [0.29, 0.717) is 40.1 Å². The minimum absolute atomic E-state index is 0. The van der Waals surface area contributed by atoms with Gasteiger partial charge in [-0.25, -0.2) is 0 Å². The van der Waals surface area contributed by atoms with Gasteiger partial charge in [0.1, 0.15) is 17.2 Å². The first kappa shape index (κ1) is 42.8. The molecule has 257 valence electrons. The third-order valence-electron chi connectivity index (χ3n) is 7.47. The van der Waals surface area contributed by atoms with Crippen molar-refractivity contribution in [2.24, 2.45) is 9.98 Å². The summed E-state index contributed by atoms with van der Waals surface area (Å²) in [4.78, 5) is 27.2. The number of aliphatic imine (C=N–C) groups is 2. The van der Waals surface area contributed by atoms with Crippen molar-refractivity contribution in [2.45, 2.75) is 92.9 Å². The fraction of sp³-hybridized carbons (Fsp3) is 0.405. The predicted octanol–water partition coefficient (Wildman–Crippen LogP) is 6.27. The minimum atomic E-state index is -1.08. The molecule has 47 heavy (non-hydrogen) atoms. The molecule has 0 aliphatic carbocycles. The third kappa shape index (κ3) is 14.0. The molecule has 3 rings (SSSR count). The van der Waals surface area contributed by atoms with Crippen molar-refractivity contribution in [3.63, 3.8) is 0 Å². The molecule has 0 aliphatic heterocycles. The number of carboxylic acids is 2. The molecule has 2 unspecified atom stereocenters. The summed E-state index contributed by atoms with van der Waals surface area (Å²) in [5.74, 6) is -0.202. The van der Waals surface area contributed by atoms with Crippen LogP contribution in [0.25, 0.3) is 0 Å². The zero-order valence-electron chi connectivity index (χ0n) is 28.8. The van der Waals surface area contributed by atoms with Crippen LogP contribution in [0.2, 0.25) is 0 Å². The number of ether oxygens (including phenoxy) is 1. The Balaban J connectivity index is 0.00000211. The van der Waals surface area contributed by atoms with E-state index in [0.717, 1.165) is 50.7 Å². The second-order valence-corrected chi connectivity index (χ2v) is 10.9. The van der Waals surface area contributed by atoms with Crippen LogP contribution in [-0.2, 0) is 39.2 Å². The maximum atomic E-state index is 10.9. The Labute approximate surface area is 289 Å². The Morgan fingerprint density at radius 1 is 0.745 bits per heavy atom. The largest absolute Gasteiger partial charge is 2.00 e. The average molecular weight is 692 g/mol. The summed E-state index contributed by atoms with van der Waals surface area (Å²) < 4.78 is 5.44. The van der Waals surface area contributed by atoms with Crippen LogP contribution >= 0.6 is 0 Å². The molecule has 0 fully saturated rings. The first-order chi connectivity index (χ1) is 21.7. The smallest absolute Gasteiger partial charge is 0.550 e. The van der Waals surface area contributed by atoms with Gasteiger partial charge >= 0.3 is 16.8 Å². The van der Waals surface area contributed by atoms with E-state index in [9.17, 15) is 10.2 Å². The summed E-state index contributed by atoms with van der Waals surface area (Å²) in [5, 5.41) is 39.5. The number of aryl methyl sites for hydroxylation is 2. The maximum absolute atomic E-state index is 10.9. The van der Waals surface area contributed by atoms with Gasteiger partial charge < -0.3 is 34.8 Å². The molecule has 2 N–H and O–H groups in total. The van der Waals surface area contributed by atoms with E-state index < -0.39 is 11.9 Å². The first-order valence-corrected chi connectivity index (χ1v) is 15.5. The number of aromatic hydroxyl groups is 2. The molecule has 10 heteroatoms. The van der Waals surface area contributed by atoms with Gasteiger partial charge in [-0.2, -0.15) is 0 Å². The Bertz CT molecular complexity index is 1500. The van der Waals surface area contributed by atoms with Crippen LogP contribution in [0.3, 0.4) is 0 Å². The standard InChI is InChI=1S/C33H42N2O3.2C2H4O2.Co/c1-8-21(5)25-14-23(10-3)32(36)27(16-25)19-34-30-13-12-29(38-7)18-31(30)35-20-28-17-26(22(6)9-2)15-24(11-4)33(28)37;2*1-2(3)4;/h12-22,36-37H,8-11H2,1-7H3;2*1H3,(H,3,4);/q;;;+2/p-2. The van der Waals surface area contributed by atoms with E-state index in [1.165, 1.54) is 11.1 Å². The number of benzene rings is 3. The van der Waals surface area contributed by atoms with Crippen LogP contribution < -0.4 is 14.9 Å². The van der Waals surface area contributed by atoms with Crippen LogP contribution in [0.5, 0.6) is 17.2 Å². The van der Waals surface area contributed by atoms with E-state index in [2.05, 4.69) is 39.8 Å². The van der Waals surface area contributed by atoms with Crippen LogP contribution in [-0.4, -0.2) is 41.7 Å². The molecular formula is C37H48CoN2O7. The number of aliphatic carboxylic acids is 2. The number of carboxylic acid groups (broad SMARTS) is 2. The zero-order valence-corrected chi connectivity index (χ0v) is 29.9. The maximum Gasteiger partial charge on any atom is 2.00 e. The number of hydrogen-bond donors (Lipinski definition) is 2. The number of rotatable bonds is 11. The van der Waals surface area contributed by atoms with Crippen LogP contribution in [0.1, 0.15) is 113 Å². The van der Waals surface area contributed by atoms with E-state index in [4.69, 9.17) is 34.5 Å². The van der Waals surface area contributed by atoms with Gasteiger partial charge in [0.2, 0.25) is 0 Å². The molecule has 2 atom stereocenters. The van der Waals surface area contributed by atoms with Crippen molar-refractivity contribution in [2.75, 3.05) is 7.11 Å². The third-order valence-corrected chi connectivity index (χ3v) is 7.47. The molecule has 0 heterocycles. The molecule has 3 aromatic carbocycles. The Morgan fingerprint density at radius 2 is 1.13 bits per heavy atom. The minimum Gasteiger partial charge on any atom is -0.550 e. The summed E-state index contributed by atoms with van der Waals surface area (Å²) >= 11 is 0. The second kappa shape index (κ2) is 21.6. The second-order valence-electron chi connectivity index (χ2n) is 10.9. The summed E-state index contributed by atoms with van der Waals surface area (Å²) in [5.41, 5.74) is 6.84. The number of phenols is 2. The van der Waals surface area contributed by atoms with Crippen LogP contribution in [0, 0.1) is 0 Å². The quantitative estimate of drug-likeness (QED) is 0.225. The number of carbonyl (C=O) groups excluding carboxylic acids is 2. The molecule has 3 aromatic rings. The van der Waals surface area contributed by atoms with Gasteiger partial charge in [0.15, 0.2) is 0 Å². The van der Waals surface area contributed by atoms with E-state index in [-0.39, 0.29) is 28.3 Å². The van der Waals surface area contributed by atoms with Gasteiger partial charge in [-0.1, -0.05) is 53.7 Å². The fourth-order valence-electron chi connectivity index (χ4n) is 4.39. The van der Waals surface area contributed by atoms with Crippen molar-refractivity contribution in [1.82, 2.24) is 0 Å². The van der Waals surface area contributed by atoms with E-state index in [1.807, 2.05) is 44.2 Å². The molecule has 0 bridgehead atoms. The van der Waals surface area contributed by atoms with Crippen molar-refractivity contribution in [3.05, 3.63) is 75.8 Å². The number of hydrogen-bond acceptors (Lipinski definition) is 9. The summed E-state index contributed by atoms with van der Waals surface area (Å²) in [6, 6.07) is 13.7. The van der Waals surface area contributed by atoms with E-state index in [1.54, 1.807) is 19.5 Å². The number of nitrogens with zero attached hydrogens (tertiary/aromatic N) is 2. The van der Waals surface area contributed by atoms with Gasteiger partial charge in [-0.15, -0.1) is 0 Å². The predicted molar refractivity (Wildman–Crippen MR) is 181 cm³/mol. The summed E-state index contributed by atoms with van der Waals surface area (Å²) in [6.07, 6.45) is 6.93. The number of methoxy groups -OCH3 is 1. The molecule has 1 radical (unpaired) electrons. The first-order valence-electron chi connectivity index (χ1n) is 15.5. The van der Waals surface area contributed by atoms with Crippen LogP contribution in [0.15, 0.2) is 52.4 Å². The number of phenolic OH excluding ortho intramolecular Hbond substituents is 2. The normalized spacial score (nSPS) is 11.9. The molecule has 0 spiro atoms. The Hall–Kier alpha value is -4.15. The monoisotopic (exact) mass is 691 g/mol. The summed E-state index contributed by atoms with van der Waals surface area (Å²) in [7, 11) is 1.62. The Kier molecular flexibility index (Phi) is 19.7. The van der Waals surface area contributed by atoms with Gasteiger partial charge in [0, 0.05) is 41.6 Å². The molecule has 0 saturated heterocycles. The van der Waals surface area contributed by atoms with Crippen molar-refractivity contribution in [3.8, 4) is 17.2 Å². The van der Waals surface area contributed by atoms with Crippen molar-refractivity contribution >= 4 is 35.7 Å².